The Morgan fingerprint density at radius 2 is 1.80 bits per heavy atom. The number of rotatable bonds is 6. The second kappa shape index (κ2) is 9.86. The van der Waals surface area contributed by atoms with Gasteiger partial charge in [0.1, 0.15) is 10.6 Å². The summed E-state index contributed by atoms with van der Waals surface area (Å²) in [6.07, 6.45) is 0. The molecule has 0 bridgehead atoms. The van der Waals surface area contributed by atoms with Crippen LogP contribution in [0.5, 0.6) is 0 Å². The molecule has 2 aromatic rings. The fourth-order valence-corrected chi connectivity index (χ4v) is 4.45. The number of ether oxygens (including phenoxy) is 1. The number of hydrogen-bond acceptors (Lipinski definition) is 6. The first-order chi connectivity index (χ1) is 14.4. The quantitative estimate of drug-likeness (QED) is 0.714. The van der Waals surface area contributed by atoms with Crippen LogP contribution < -0.4 is 5.32 Å². The molecule has 8 heteroatoms. The van der Waals surface area contributed by atoms with E-state index in [0.717, 1.165) is 11.1 Å². The van der Waals surface area contributed by atoms with Crippen LogP contribution in [0.2, 0.25) is 0 Å². The lowest BCUT2D eigenvalue weighted by Crippen LogP contribution is -2.53. The van der Waals surface area contributed by atoms with Gasteiger partial charge in [-0.2, -0.15) is 0 Å². The van der Waals surface area contributed by atoms with Gasteiger partial charge in [0.25, 0.3) is 0 Å². The summed E-state index contributed by atoms with van der Waals surface area (Å²) in [6, 6.07) is 9.19. The Labute approximate surface area is 180 Å². The first kappa shape index (κ1) is 22.0. The lowest BCUT2D eigenvalue weighted by molar-refractivity contribution is -0.131. The second-order valence-corrected chi connectivity index (χ2v) is 8.03. The molecular weight excluding hydrogens is 402 g/mol. The zero-order chi connectivity index (χ0) is 21.7. The minimum absolute atomic E-state index is 0.0536. The Morgan fingerprint density at radius 1 is 1.13 bits per heavy atom. The molecule has 30 heavy (non-hydrogen) atoms. The average molecular weight is 430 g/mol. The highest BCUT2D eigenvalue weighted by molar-refractivity contribution is 7.15. The van der Waals surface area contributed by atoms with Crippen LogP contribution in [-0.2, 0) is 14.3 Å². The summed E-state index contributed by atoms with van der Waals surface area (Å²) >= 11 is 1.32. The van der Waals surface area contributed by atoms with Crippen LogP contribution in [0.1, 0.15) is 31.1 Å². The van der Waals surface area contributed by atoms with E-state index in [1.807, 2.05) is 47.5 Å². The maximum atomic E-state index is 12.9. The van der Waals surface area contributed by atoms with Crippen LogP contribution in [0.15, 0.2) is 35.7 Å². The third-order valence-electron chi connectivity index (χ3n) is 5.28. The van der Waals surface area contributed by atoms with Crippen molar-refractivity contribution in [3.63, 3.8) is 0 Å². The van der Waals surface area contributed by atoms with Gasteiger partial charge in [0.2, 0.25) is 11.8 Å². The topological polar surface area (TPSA) is 79.0 Å². The lowest BCUT2D eigenvalue weighted by atomic mass is 10.0. The molecule has 0 saturated carbocycles. The summed E-state index contributed by atoms with van der Waals surface area (Å²) in [7, 11) is 0. The molecule has 1 aromatic carbocycles. The number of esters is 1. The van der Waals surface area contributed by atoms with Gasteiger partial charge in [-0.3, -0.25) is 14.5 Å². The molecule has 3 rings (SSSR count). The third kappa shape index (κ3) is 4.88. The smallest absolute Gasteiger partial charge is 0.341 e. The van der Waals surface area contributed by atoms with Gasteiger partial charge < -0.3 is 15.0 Å². The van der Waals surface area contributed by atoms with Crippen molar-refractivity contribution in [1.29, 1.82) is 0 Å². The second-order valence-electron chi connectivity index (χ2n) is 7.15. The van der Waals surface area contributed by atoms with Crippen molar-refractivity contribution in [3.8, 4) is 11.1 Å². The summed E-state index contributed by atoms with van der Waals surface area (Å²) in [4.78, 5) is 40.9. The highest BCUT2D eigenvalue weighted by Gasteiger charge is 2.29. The van der Waals surface area contributed by atoms with Gasteiger partial charge in [0.05, 0.1) is 12.6 Å². The first-order valence-electron chi connectivity index (χ1n) is 10.1. The number of nitrogens with zero attached hydrogens (tertiary/aromatic N) is 2. The van der Waals surface area contributed by atoms with Crippen LogP contribution in [-0.4, -0.2) is 66.4 Å². The maximum Gasteiger partial charge on any atom is 0.341 e. The fraction of sp³-hybridized carbons (Fsp3) is 0.409. The number of carbonyl (C=O) groups excluding carboxylic acids is 3. The molecule has 0 aliphatic carbocycles. The highest BCUT2D eigenvalue weighted by Crippen LogP contribution is 2.36. The van der Waals surface area contributed by atoms with Crippen LogP contribution in [0.25, 0.3) is 11.1 Å². The van der Waals surface area contributed by atoms with E-state index < -0.39 is 5.97 Å². The number of hydrogen-bond donors (Lipinski definition) is 1. The number of amides is 2. The average Bonchev–Trinajstić information content (AvgIpc) is 3.17. The number of benzene rings is 1. The summed E-state index contributed by atoms with van der Waals surface area (Å²) in [5, 5.41) is 5.29. The predicted molar refractivity (Wildman–Crippen MR) is 118 cm³/mol. The summed E-state index contributed by atoms with van der Waals surface area (Å²) in [5.74, 6) is -0.577. The SMILES string of the molecule is CCOC(=O)c1c(-c2ccccc2)csc1NC(=O)C(C)N1CCN(C(C)=O)CC1. The Bertz CT molecular complexity index is 904. The van der Waals surface area contributed by atoms with Gasteiger partial charge in [0, 0.05) is 44.0 Å². The molecule has 1 fully saturated rings. The fourth-order valence-electron chi connectivity index (χ4n) is 3.49. The van der Waals surface area contributed by atoms with E-state index in [0.29, 0.717) is 36.7 Å². The zero-order valence-corrected chi connectivity index (χ0v) is 18.3. The molecule has 2 amide bonds. The van der Waals surface area contributed by atoms with Gasteiger partial charge >= 0.3 is 5.97 Å². The summed E-state index contributed by atoms with van der Waals surface area (Å²) in [6.45, 7) is 7.91. The van der Waals surface area contributed by atoms with Crippen molar-refractivity contribution in [2.75, 3.05) is 38.1 Å². The van der Waals surface area contributed by atoms with Gasteiger partial charge in [0.15, 0.2) is 0 Å². The molecule has 1 aromatic heterocycles. The molecule has 1 atom stereocenters. The Balaban J connectivity index is 1.77. The molecule has 1 unspecified atom stereocenters. The standard InChI is InChI=1S/C22H27N3O4S/c1-4-29-22(28)19-18(17-8-6-5-7-9-17)14-30-21(19)23-20(27)15(2)24-10-12-25(13-11-24)16(3)26/h5-9,14-15H,4,10-13H2,1-3H3,(H,23,27). The van der Waals surface area contributed by atoms with Gasteiger partial charge in [-0.05, 0) is 19.4 Å². The molecule has 0 radical (unpaired) electrons. The molecular formula is C22H27N3O4S. The Hall–Kier alpha value is -2.71. The molecule has 7 nitrogen and oxygen atoms in total. The van der Waals surface area contributed by atoms with Crippen LogP contribution in [0.3, 0.4) is 0 Å². The number of nitrogens with one attached hydrogen (secondary N) is 1. The Morgan fingerprint density at radius 3 is 2.40 bits per heavy atom. The van der Waals surface area contributed by atoms with E-state index in [2.05, 4.69) is 5.32 Å². The summed E-state index contributed by atoms with van der Waals surface area (Å²) < 4.78 is 5.25. The number of anilines is 1. The van der Waals surface area contributed by atoms with E-state index >= 15 is 0 Å². The van der Waals surface area contributed by atoms with Crippen molar-refractivity contribution in [2.45, 2.75) is 26.8 Å². The summed E-state index contributed by atoms with van der Waals surface area (Å²) in [5.41, 5.74) is 2.03. The lowest BCUT2D eigenvalue weighted by Gasteiger charge is -2.36. The predicted octanol–water partition coefficient (Wildman–Crippen LogP) is 3.08. The number of carbonyl (C=O) groups is 3. The van der Waals surface area contributed by atoms with Crippen molar-refractivity contribution in [3.05, 3.63) is 41.3 Å². The van der Waals surface area contributed by atoms with E-state index in [1.54, 1.807) is 18.7 Å². The highest BCUT2D eigenvalue weighted by atomic mass is 32.1. The van der Waals surface area contributed by atoms with Crippen molar-refractivity contribution < 1.29 is 19.1 Å². The molecule has 1 aliphatic rings. The third-order valence-corrected chi connectivity index (χ3v) is 6.17. The van der Waals surface area contributed by atoms with Crippen molar-refractivity contribution in [2.24, 2.45) is 0 Å². The molecule has 0 spiro atoms. The first-order valence-corrected chi connectivity index (χ1v) is 10.9. The van der Waals surface area contributed by atoms with Gasteiger partial charge in [-0.1, -0.05) is 30.3 Å². The molecule has 1 saturated heterocycles. The van der Waals surface area contributed by atoms with E-state index in [1.165, 1.54) is 11.3 Å². The maximum absolute atomic E-state index is 12.9. The van der Waals surface area contributed by atoms with Gasteiger partial charge in [-0.15, -0.1) is 11.3 Å². The van der Waals surface area contributed by atoms with E-state index in [9.17, 15) is 14.4 Å². The minimum atomic E-state index is -0.448. The van der Waals surface area contributed by atoms with Crippen molar-refractivity contribution in [1.82, 2.24) is 9.80 Å². The normalized spacial score (nSPS) is 15.5. The molecule has 2 heterocycles. The number of thiophene rings is 1. The van der Waals surface area contributed by atoms with Crippen LogP contribution >= 0.6 is 11.3 Å². The molecule has 1 aliphatic heterocycles. The van der Waals surface area contributed by atoms with E-state index in [4.69, 9.17) is 4.74 Å². The Kier molecular flexibility index (Phi) is 7.23. The zero-order valence-electron chi connectivity index (χ0n) is 17.5. The van der Waals surface area contributed by atoms with Crippen LogP contribution in [0, 0.1) is 0 Å². The molecule has 1 N–H and O–H groups in total. The monoisotopic (exact) mass is 429 g/mol. The van der Waals surface area contributed by atoms with E-state index in [-0.39, 0.29) is 24.5 Å². The molecule has 160 valence electrons. The van der Waals surface area contributed by atoms with Crippen LogP contribution in [0.4, 0.5) is 5.00 Å². The number of piperazine rings is 1. The van der Waals surface area contributed by atoms with Gasteiger partial charge in [-0.25, -0.2) is 4.79 Å². The minimum Gasteiger partial charge on any atom is -0.462 e. The van der Waals surface area contributed by atoms with Crippen molar-refractivity contribution >= 4 is 34.1 Å². The largest absolute Gasteiger partial charge is 0.462 e.